The molecule has 0 aliphatic carbocycles. The average Bonchev–Trinajstić information content (AvgIpc) is 3.62. The minimum absolute atomic E-state index is 0.246. The summed E-state index contributed by atoms with van der Waals surface area (Å²) in [5.74, 6) is -0.595. The van der Waals surface area contributed by atoms with Crippen molar-refractivity contribution >= 4 is 28.9 Å². The molecule has 6 rings (SSSR count). The molecular formula is C33H28N2O8. The quantitative estimate of drug-likeness (QED) is 0.194. The normalized spacial score (nSPS) is 15.9. The van der Waals surface area contributed by atoms with Crippen molar-refractivity contribution in [2.24, 2.45) is 0 Å². The molecule has 1 N–H and O–H groups in total. The maximum Gasteiger partial charge on any atom is 0.342 e. The van der Waals surface area contributed by atoms with Gasteiger partial charge < -0.3 is 24.1 Å². The van der Waals surface area contributed by atoms with Crippen molar-refractivity contribution in [3.8, 4) is 17.2 Å². The molecule has 0 fully saturated rings. The Labute approximate surface area is 247 Å². The van der Waals surface area contributed by atoms with E-state index in [0.29, 0.717) is 50.5 Å². The van der Waals surface area contributed by atoms with Gasteiger partial charge in [0.2, 0.25) is 0 Å². The summed E-state index contributed by atoms with van der Waals surface area (Å²) in [5, 5.41) is 19.4. The number of fused-ring (bicyclic) bond motifs is 1. The number of carbonyl (C=O) groups excluding carboxylic acids is 2. The Kier molecular flexibility index (Phi) is 8.49. The monoisotopic (exact) mass is 580 g/mol. The maximum absolute atomic E-state index is 13.1. The molecule has 1 aliphatic heterocycles. The fraction of sp³-hybridized carbons (Fsp3) is 0.152. The summed E-state index contributed by atoms with van der Waals surface area (Å²) >= 11 is 0. The topological polar surface area (TPSA) is 130 Å². The van der Waals surface area contributed by atoms with Gasteiger partial charge in [0.15, 0.2) is 0 Å². The molecule has 0 spiro atoms. The Balaban J connectivity index is 0.000000314. The number of ether oxygens (including phenoxy) is 4. The van der Waals surface area contributed by atoms with Gasteiger partial charge in [-0.25, -0.2) is 9.42 Å². The number of aromatic nitrogens is 2. The van der Waals surface area contributed by atoms with Gasteiger partial charge in [-0.3, -0.25) is 4.79 Å². The van der Waals surface area contributed by atoms with E-state index in [1.54, 1.807) is 88.1 Å². The lowest BCUT2D eigenvalue weighted by Crippen LogP contribution is -2.29. The second-order valence-electron chi connectivity index (χ2n) is 9.51. The molecule has 1 unspecified atom stereocenters. The first-order chi connectivity index (χ1) is 20.9. The molecule has 10 nitrogen and oxygen atoms in total. The van der Waals surface area contributed by atoms with Crippen molar-refractivity contribution in [1.82, 2.24) is 10.3 Å². The number of aldehydes is 1. The fourth-order valence-electron chi connectivity index (χ4n) is 4.73. The van der Waals surface area contributed by atoms with E-state index in [1.165, 1.54) is 0 Å². The Bertz CT molecular complexity index is 1790. The summed E-state index contributed by atoms with van der Waals surface area (Å²) in [6, 6.07) is 26.3. The fourth-order valence-corrected chi connectivity index (χ4v) is 4.73. The molecular weight excluding hydrogens is 552 g/mol. The average molecular weight is 581 g/mol. The Hall–Kier alpha value is -5.48. The second kappa shape index (κ2) is 12.6. The van der Waals surface area contributed by atoms with Crippen LogP contribution in [0.3, 0.4) is 0 Å². The van der Waals surface area contributed by atoms with Crippen LogP contribution in [-0.2, 0) is 21.7 Å². The molecule has 10 heteroatoms. The highest BCUT2D eigenvalue weighted by atomic mass is 16.7. The SMILES string of the molecule is COc1ccc(C2(O)OC(=O)C(c3ccc4nonc4c3)=C2Cc2cccc(OC)c2)cc1.COc1cccc(C=O)c1. The molecule has 5 aromatic rings. The zero-order chi connectivity index (χ0) is 30.4. The molecule has 4 aromatic carbocycles. The van der Waals surface area contributed by atoms with Gasteiger partial charge in [-0.2, -0.15) is 0 Å². The van der Waals surface area contributed by atoms with Crippen molar-refractivity contribution in [2.45, 2.75) is 12.2 Å². The summed E-state index contributed by atoms with van der Waals surface area (Å²) in [7, 11) is 4.71. The molecule has 0 amide bonds. The molecule has 1 aliphatic rings. The van der Waals surface area contributed by atoms with Crippen LogP contribution in [0.15, 0.2) is 101 Å². The zero-order valence-corrected chi connectivity index (χ0v) is 23.6. The van der Waals surface area contributed by atoms with E-state index in [-0.39, 0.29) is 12.0 Å². The number of esters is 1. The number of benzene rings is 4. The van der Waals surface area contributed by atoms with E-state index >= 15 is 0 Å². The van der Waals surface area contributed by atoms with Crippen LogP contribution in [0, 0.1) is 0 Å². The highest BCUT2D eigenvalue weighted by Gasteiger charge is 2.48. The maximum atomic E-state index is 13.1. The van der Waals surface area contributed by atoms with Crippen LogP contribution in [-0.4, -0.2) is 49.0 Å². The molecule has 1 aromatic heterocycles. The van der Waals surface area contributed by atoms with Gasteiger partial charge in [-0.1, -0.05) is 30.3 Å². The highest BCUT2D eigenvalue weighted by Crippen LogP contribution is 2.45. The minimum Gasteiger partial charge on any atom is -0.497 e. The van der Waals surface area contributed by atoms with Crippen molar-refractivity contribution in [3.63, 3.8) is 0 Å². The zero-order valence-electron chi connectivity index (χ0n) is 23.6. The number of rotatable bonds is 8. The molecule has 218 valence electrons. The summed E-state index contributed by atoms with van der Waals surface area (Å²) in [5.41, 5.74) is 4.16. The second-order valence-corrected chi connectivity index (χ2v) is 9.51. The van der Waals surface area contributed by atoms with Crippen molar-refractivity contribution in [3.05, 3.63) is 119 Å². The number of methoxy groups -OCH3 is 3. The van der Waals surface area contributed by atoms with Crippen LogP contribution in [0.2, 0.25) is 0 Å². The highest BCUT2D eigenvalue weighted by molar-refractivity contribution is 6.20. The molecule has 0 saturated heterocycles. The van der Waals surface area contributed by atoms with Crippen molar-refractivity contribution in [2.75, 3.05) is 21.3 Å². The lowest BCUT2D eigenvalue weighted by molar-refractivity contribution is -0.185. The smallest absolute Gasteiger partial charge is 0.342 e. The van der Waals surface area contributed by atoms with Crippen LogP contribution in [0.1, 0.15) is 27.0 Å². The minimum atomic E-state index is -1.96. The lowest BCUT2D eigenvalue weighted by atomic mass is 9.88. The predicted molar refractivity (Wildman–Crippen MR) is 157 cm³/mol. The first-order valence-electron chi connectivity index (χ1n) is 13.2. The third-order valence-electron chi connectivity index (χ3n) is 6.92. The van der Waals surface area contributed by atoms with Crippen LogP contribution in [0.25, 0.3) is 16.6 Å². The van der Waals surface area contributed by atoms with Crippen LogP contribution < -0.4 is 14.2 Å². The van der Waals surface area contributed by atoms with E-state index in [1.807, 2.05) is 24.3 Å². The third kappa shape index (κ3) is 6.09. The van der Waals surface area contributed by atoms with Crippen molar-refractivity contribution in [1.29, 1.82) is 0 Å². The first-order valence-corrected chi connectivity index (χ1v) is 13.2. The number of aliphatic hydroxyl groups is 1. The number of nitrogens with zero attached hydrogens (tertiary/aromatic N) is 2. The number of carbonyl (C=O) groups is 2. The summed E-state index contributed by atoms with van der Waals surface area (Å²) in [4.78, 5) is 23.4. The Morgan fingerprint density at radius 3 is 2.16 bits per heavy atom. The number of hydrogen-bond donors (Lipinski definition) is 1. The Morgan fingerprint density at radius 2 is 1.47 bits per heavy atom. The molecule has 0 bridgehead atoms. The predicted octanol–water partition coefficient (Wildman–Crippen LogP) is 5.15. The van der Waals surface area contributed by atoms with Gasteiger partial charge in [-0.15, -0.1) is 0 Å². The van der Waals surface area contributed by atoms with E-state index < -0.39 is 11.8 Å². The molecule has 43 heavy (non-hydrogen) atoms. The molecule has 0 saturated carbocycles. The van der Waals surface area contributed by atoms with Crippen molar-refractivity contribution < 1.29 is 38.3 Å². The first kappa shape index (κ1) is 29.0. The van der Waals surface area contributed by atoms with E-state index in [9.17, 15) is 14.7 Å². The third-order valence-corrected chi connectivity index (χ3v) is 6.92. The van der Waals surface area contributed by atoms with Gasteiger partial charge in [0.25, 0.3) is 5.79 Å². The molecule has 0 radical (unpaired) electrons. The number of cyclic esters (lactones) is 1. The van der Waals surface area contributed by atoms with E-state index in [4.69, 9.17) is 23.6 Å². The van der Waals surface area contributed by atoms with Gasteiger partial charge in [0.1, 0.15) is 34.6 Å². The summed E-state index contributed by atoms with van der Waals surface area (Å²) in [6.45, 7) is 0. The van der Waals surface area contributed by atoms with Gasteiger partial charge in [0.05, 0.1) is 26.9 Å². The molecule has 2 heterocycles. The van der Waals surface area contributed by atoms with Gasteiger partial charge in [0, 0.05) is 23.1 Å². The standard InChI is InChI=1S/C25H20N2O6.C8H8O2/c1-30-18-9-7-17(8-10-18)25(29)20(13-15-4-3-5-19(12-15)31-2)23(24(28)32-25)16-6-11-21-22(14-16)27-33-26-21;1-10-8-4-2-3-7(5-8)6-9/h3-12,14,29H,13H2,1-2H3;2-6H,1H3. The van der Waals surface area contributed by atoms with E-state index in [2.05, 4.69) is 10.3 Å². The lowest BCUT2D eigenvalue weighted by Gasteiger charge is -2.26. The summed E-state index contributed by atoms with van der Waals surface area (Å²) < 4.78 is 25.9. The van der Waals surface area contributed by atoms with Crippen LogP contribution in [0.4, 0.5) is 0 Å². The largest absolute Gasteiger partial charge is 0.497 e. The Morgan fingerprint density at radius 1 is 0.791 bits per heavy atom. The van der Waals surface area contributed by atoms with E-state index in [0.717, 1.165) is 11.8 Å². The summed E-state index contributed by atoms with van der Waals surface area (Å²) in [6.07, 6.45) is 1.04. The van der Waals surface area contributed by atoms with Crippen LogP contribution >= 0.6 is 0 Å². The molecule has 1 atom stereocenters. The van der Waals surface area contributed by atoms with Gasteiger partial charge >= 0.3 is 5.97 Å². The van der Waals surface area contributed by atoms with Crippen LogP contribution in [0.5, 0.6) is 17.2 Å². The van der Waals surface area contributed by atoms with Gasteiger partial charge in [-0.05, 0) is 82.1 Å². The number of hydrogen-bond acceptors (Lipinski definition) is 10.